The maximum atomic E-state index is 12.1. The summed E-state index contributed by atoms with van der Waals surface area (Å²) in [5.41, 5.74) is 0.291. The van der Waals surface area contributed by atoms with Gasteiger partial charge in [0.2, 0.25) is 20.7 Å². The molecule has 1 aromatic carbocycles. The molecule has 0 atom stereocenters. The summed E-state index contributed by atoms with van der Waals surface area (Å²) in [6.07, 6.45) is -3.86. The van der Waals surface area contributed by atoms with Crippen LogP contribution in [-0.4, -0.2) is 35.8 Å². The zero-order valence-electron chi connectivity index (χ0n) is 10.8. The number of benzene rings is 1. The van der Waals surface area contributed by atoms with Crippen LogP contribution in [0, 0.1) is 0 Å². The van der Waals surface area contributed by atoms with Gasteiger partial charge >= 0.3 is 6.36 Å². The Morgan fingerprint density at radius 2 is 1.86 bits per heavy atom. The Balaban J connectivity index is 2.32. The lowest BCUT2D eigenvalue weighted by Gasteiger charge is -2.10. The number of nitrogens with one attached hydrogen (secondary N) is 1. The molecule has 0 aliphatic carbocycles. The van der Waals surface area contributed by atoms with Crippen LogP contribution in [0.5, 0.6) is 5.75 Å². The van der Waals surface area contributed by atoms with E-state index in [9.17, 15) is 21.6 Å². The molecule has 22 heavy (non-hydrogen) atoms. The lowest BCUT2D eigenvalue weighted by atomic mass is 10.3. The fourth-order valence-electron chi connectivity index (χ4n) is 1.49. The molecule has 0 aliphatic rings. The van der Waals surface area contributed by atoms with Gasteiger partial charge in [0.05, 0.1) is 11.9 Å². The van der Waals surface area contributed by atoms with E-state index in [0.717, 1.165) is 23.1 Å². The third-order valence-corrected chi connectivity index (χ3v) is 3.06. The van der Waals surface area contributed by atoms with Gasteiger partial charge in [0.1, 0.15) is 5.75 Å². The predicted molar refractivity (Wildman–Crippen MR) is 74.2 cm³/mol. The van der Waals surface area contributed by atoms with Gasteiger partial charge in [-0.2, -0.15) is 9.67 Å². The minimum Gasteiger partial charge on any atom is -0.406 e. The van der Waals surface area contributed by atoms with E-state index >= 15 is 0 Å². The van der Waals surface area contributed by atoms with Gasteiger partial charge in [-0.05, 0) is 40.2 Å². The summed E-state index contributed by atoms with van der Waals surface area (Å²) in [7, 11) is -3.59. The number of alkyl halides is 3. The summed E-state index contributed by atoms with van der Waals surface area (Å²) in [4.78, 5) is 3.82. The fraction of sp³-hybridized carbons (Fsp3) is 0.200. The molecule has 0 saturated carbocycles. The average molecular weight is 401 g/mol. The molecular formula is C10H8BrF3N4O3S. The molecule has 0 radical (unpaired) electrons. The van der Waals surface area contributed by atoms with Crippen molar-refractivity contribution in [1.82, 2.24) is 14.8 Å². The van der Waals surface area contributed by atoms with E-state index < -0.39 is 22.1 Å². The van der Waals surface area contributed by atoms with Gasteiger partial charge in [0, 0.05) is 0 Å². The Morgan fingerprint density at radius 1 is 1.27 bits per heavy atom. The highest BCUT2D eigenvalue weighted by molar-refractivity contribution is 9.10. The van der Waals surface area contributed by atoms with Gasteiger partial charge in [-0.1, -0.05) is 0 Å². The molecule has 1 N–H and O–H groups in total. The van der Waals surface area contributed by atoms with Gasteiger partial charge in [0.25, 0.3) is 0 Å². The Hall–Kier alpha value is -1.82. The molecule has 0 bridgehead atoms. The van der Waals surface area contributed by atoms with Crippen molar-refractivity contribution in [3.05, 3.63) is 29.0 Å². The molecule has 120 valence electrons. The highest BCUT2D eigenvalue weighted by Crippen LogP contribution is 2.25. The maximum absolute atomic E-state index is 12.1. The second-order valence-corrected chi connectivity index (χ2v) is 6.49. The highest BCUT2D eigenvalue weighted by atomic mass is 79.9. The van der Waals surface area contributed by atoms with Crippen molar-refractivity contribution in [2.75, 3.05) is 11.0 Å². The van der Waals surface area contributed by atoms with E-state index in [1.165, 1.54) is 12.1 Å². The van der Waals surface area contributed by atoms with E-state index in [-0.39, 0.29) is 10.7 Å². The first-order chi connectivity index (χ1) is 10.0. The van der Waals surface area contributed by atoms with Gasteiger partial charge in [-0.15, -0.1) is 18.3 Å². The van der Waals surface area contributed by atoms with Crippen molar-refractivity contribution >= 4 is 31.9 Å². The normalized spacial score (nSPS) is 12.2. The predicted octanol–water partition coefficient (Wildman–Crippen LogP) is 2.30. The summed E-state index contributed by atoms with van der Waals surface area (Å²) in [5, 5.41) is 3.90. The molecule has 0 saturated heterocycles. The van der Waals surface area contributed by atoms with Crippen molar-refractivity contribution in [2.24, 2.45) is 0 Å². The second-order valence-electron chi connectivity index (χ2n) is 4.03. The van der Waals surface area contributed by atoms with Crippen molar-refractivity contribution in [3.63, 3.8) is 0 Å². The van der Waals surface area contributed by atoms with Crippen molar-refractivity contribution in [1.29, 1.82) is 0 Å². The lowest BCUT2D eigenvalue weighted by molar-refractivity contribution is -0.274. The third kappa shape index (κ3) is 4.59. The van der Waals surface area contributed by atoms with Crippen molar-refractivity contribution in [2.45, 2.75) is 6.36 Å². The van der Waals surface area contributed by atoms with Crippen LogP contribution in [0.3, 0.4) is 0 Å². The Kier molecular flexibility index (Phi) is 4.33. The molecule has 7 nitrogen and oxygen atoms in total. The summed E-state index contributed by atoms with van der Waals surface area (Å²) in [5.74, 6) is -0.521. The summed E-state index contributed by atoms with van der Waals surface area (Å²) < 4.78 is 65.9. The van der Waals surface area contributed by atoms with E-state index in [1.54, 1.807) is 0 Å². The first kappa shape index (κ1) is 16.5. The Labute approximate surface area is 131 Å². The standard InChI is InChI=1S/C10H8BrF3N4O3S/c1-22(19,20)17-9-15-8(11)16-18(9)6-2-4-7(5-3-6)21-10(12,13)14/h2-5H,1H3,(H,15,16,17). The second kappa shape index (κ2) is 5.76. The van der Waals surface area contributed by atoms with Crippen LogP contribution in [0.4, 0.5) is 19.1 Å². The monoisotopic (exact) mass is 400 g/mol. The molecule has 0 aliphatic heterocycles. The summed E-state index contributed by atoms with van der Waals surface area (Å²) in [6, 6.07) is 4.69. The van der Waals surface area contributed by atoms with Crippen LogP contribution < -0.4 is 9.46 Å². The number of hydrogen-bond donors (Lipinski definition) is 1. The minimum absolute atomic E-state index is 0.106. The van der Waals surface area contributed by atoms with Crippen LogP contribution in [0.1, 0.15) is 0 Å². The number of rotatable bonds is 4. The fourth-order valence-corrected chi connectivity index (χ4v) is 2.28. The molecule has 2 aromatic rings. The van der Waals surface area contributed by atoms with Crippen molar-refractivity contribution < 1.29 is 26.3 Å². The molecule has 0 fully saturated rings. The van der Waals surface area contributed by atoms with Crippen LogP contribution >= 0.6 is 15.9 Å². The number of ether oxygens (including phenoxy) is 1. The molecule has 12 heteroatoms. The number of nitrogens with zero attached hydrogens (tertiary/aromatic N) is 3. The molecule has 1 aromatic heterocycles. The van der Waals surface area contributed by atoms with Crippen molar-refractivity contribution in [3.8, 4) is 11.4 Å². The van der Waals surface area contributed by atoms with E-state index in [0.29, 0.717) is 5.69 Å². The number of anilines is 1. The topological polar surface area (TPSA) is 86.1 Å². The van der Waals surface area contributed by atoms with E-state index in [1.807, 2.05) is 0 Å². The minimum atomic E-state index is -4.79. The molecule has 0 spiro atoms. The van der Waals surface area contributed by atoms with Gasteiger partial charge in [-0.25, -0.2) is 8.42 Å². The van der Waals surface area contributed by atoms with Crippen LogP contribution in [0.25, 0.3) is 5.69 Å². The number of hydrogen-bond acceptors (Lipinski definition) is 5. The summed E-state index contributed by atoms with van der Waals surface area (Å²) >= 11 is 2.99. The SMILES string of the molecule is CS(=O)(=O)Nc1nc(Br)nn1-c1ccc(OC(F)(F)F)cc1. The van der Waals surface area contributed by atoms with Gasteiger partial charge in [-0.3, -0.25) is 4.72 Å². The molecule has 1 heterocycles. The molecular weight excluding hydrogens is 393 g/mol. The molecule has 2 rings (SSSR count). The first-order valence-electron chi connectivity index (χ1n) is 5.50. The van der Waals surface area contributed by atoms with Crippen LogP contribution in [0.15, 0.2) is 29.0 Å². The molecule has 0 unspecified atom stereocenters. The summed E-state index contributed by atoms with van der Waals surface area (Å²) in [6.45, 7) is 0. The van der Waals surface area contributed by atoms with Gasteiger partial charge in [0.15, 0.2) is 0 Å². The van der Waals surface area contributed by atoms with E-state index in [2.05, 4.69) is 35.5 Å². The average Bonchev–Trinajstić information content (AvgIpc) is 2.66. The zero-order chi connectivity index (χ0) is 16.5. The third-order valence-electron chi connectivity index (χ3n) is 2.17. The van der Waals surface area contributed by atoms with E-state index in [4.69, 9.17) is 0 Å². The zero-order valence-corrected chi connectivity index (χ0v) is 13.2. The number of halogens is 4. The highest BCUT2D eigenvalue weighted by Gasteiger charge is 2.31. The van der Waals surface area contributed by atoms with Gasteiger partial charge < -0.3 is 4.74 Å². The number of aromatic nitrogens is 3. The Morgan fingerprint density at radius 3 is 2.36 bits per heavy atom. The van der Waals surface area contributed by atoms with Crippen LogP contribution in [-0.2, 0) is 10.0 Å². The lowest BCUT2D eigenvalue weighted by Crippen LogP contribution is -2.17. The number of sulfonamides is 1. The molecule has 0 amide bonds. The smallest absolute Gasteiger partial charge is 0.406 e. The maximum Gasteiger partial charge on any atom is 0.573 e. The first-order valence-corrected chi connectivity index (χ1v) is 8.18. The quantitative estimate of drug-likeness (QED) is 0.850. The largest absolute Gasteiger partial charge is 0.573 e. The van der Waals surface area contributed by atoms with Crippen LogP contribution in [0.2, 0.25) is 0 Å². The Bertz CT molecular complexity index is 774.